The van der Waals surface area contributed by atoms with Crippen molar-refractivity contribution in [1.29, 1.82) is 0 Å². The van der Waals surface area contributed by atoms with Gasteiger partial charge in [-0.2, -0.15) is 0 Å². The zero-order valence-corrected chi connectivity index (χ0v) is 10.1. The van der Waals surface area contributed by atoms with Crippen LogP contribution in [0.5, 0.6) is 0 Å². The van der Waals surface area contributed by atoms with E-state index in [0.29, 0.717) is 16.7 Å². The van der Waals surface area contributed by atoms with Crippen LogP contribution >= 0.6 is 15.9 Å². The molecule has 0 radical (unpaired) electrons. The van der Waals surface area contributed by atoms with Crippen molar-refractivity contribution in [2.45, 2.75) is 6.54 Å². The predicted molar refractivity (Wildman–Crippen MR) is 60.1 cm³/mol. The molecule has 0 unspecified atom stereocenters. The number of aryl methyl sites for hydroxylation is 1. The van der Waals surface area contributed by atoms with E-state index < -0.39 is 11.2 Å². The van der Waals surface area contributed by atoms with Crippen LogP contribution in [0, 0.1) is 0 Å². The van der Waals surface area contributed by atoms with Gasteiger partial charge in [-0.15, -0.1) is 0 Å². The van der Waals surface area contributed by atoms with E-state index in [1.807, 2.05) is 34.9 Å². The maximum absolute atomic E-state index is 11.3. The van der Waals surface area contributed by atoms with E-state index in [1.54, 1.807) is 0 Å². The van der Waals surface area contributed by atoms with Crippen LogP contribution in [0.25, 0.3) is 0 Å². The Bertz CT molecular complexity index is 625. The van der Waals surface area contributed by atoms with E-state index in [-0.39, 0.29) is 0 Å². The number of H-pyrrole nitrogens is 2. The standard InChI is InChI=1S/C9H9BrN4O2/c1-13-2-3-14(5-13)4-6-7(10)8(15)12-9(16)11-6/h2-3,5H,4H2,1H3,(H-,11,12,15,16)/p+1. The first-order chi connectivity index (χ1) is 7.56. The van der Waals surface area contributed by atoms with Gasteiger partial charge in [-0.3, -0.25) is 9.78 Å². The Hall–Kier alpha value is -1.63. The van der Waals surface area contributed by atoms with Gasteiger partial charge in [-0.05, 0) is 15.9 Å². The normalized spacial score (nSPS) is 10.6. The third-order valence-electron chi connectivity index (χ3n) is 2.12. The fraction of sp³-hybridized carbons (Fsp3) is 0.222. The highest BCUT2D eigenvalue weighted by molar-refractivity contribution is 9.10. The fourth-order valence-corrected chi connectivity index (χ4v) is 1.73. The SMILES string of the molecule is C[n+]1ccn(Cc2[nH]c(=O)[nH]c(=O)c2Br)c1. The molecule has 2 aromatic rings. The molecular weight excluding hydrogens is 276 g/mol. The van der Waals surface area contributed by atoms with E-state index >= 15 is 0 Å². The summed E-state index contributed by atoms with van der Waals surface area (Å²) in [4.78, 5) is 27.2. The first kappa shape index (κ1) is 10.9. The molecule has 84 valence electrons. The summed E-state index contributed by atoms with van der Waals surface area (Å²) in [7, 11) is 1.89. The van der Waals surface area contributed by atoms with Gasteiger partial charge in [0, 0.05) is 0 Å². The number of rotatable bonds is 2. The van der Waals surface area contributed by atoms with Gasteiger partial charge in [-0.1, -0.05) is 0 Å². The first-order valence-corrected chi connectivity index (χ1v) is 5.37. The highest BCUT2D eigenvalue weighted by atomic mass is 79.9. The monoisotopic (exact) mass is 285 g/mol. The molecule has 0 atom stereocenters. The molecule has 0 bridgehead atoms. The Morgan fingerprint density at radius 3 is 2.81 bits per heavy atom. The van der Waals surface area contributed by atoms with Crippen molar-refractivity contribution < 1.29 is 4.57 Å². The molecule has 0 aliphatic rings. The average molecular weight is 286 g/mol. The van der Waals surface area contributed by atoms with Crippen LogP contribution in [0.4, 0.5) is 0 Å². The quantitative estimate of drug-likeness (QED) is 0.730. The minimum absolute atomic E-state index is 0.350. The maximum atomic E-state index is 11.3. The molecule has 0 amide bonds. The summed E-state index contributed by atoms with van der Waals surface area (Å²) in [5, 5.41) is 0. The van der Waals surface area contributed by atoms with Crippen molar-refractivity contribution >= 4 is 15.9 Å². The van der Waals surface area contributed by atoms with Crippen molar-refractivity contribution in [3.05, 3.63) is 49.7 Å². The lowest BCUT2D eigenvalue weighted by Gasteiger charge is -1.99. The third-order valence-corrected chi connectivity index (χ3v) is 2.96. The zero-order valence-electron chi connectivity index (χ0n) is 8.53. The molecule has 2 heterocycles. The summed E-state index contributed by atoms with van der Waals surface area (Å²) in [5.74, 6) is 0. The van der Waals surface area contributed by atoms with Crippen LogP contribution in [0.2, 0.25) is 0 Å². The molecule has 2 aromatic heterocycles. The highest BCUT2D eigenvalue weighted by Crippen LogP contribution is 2.07. The zero-order chi connectivity index (χ0) is 11.7. The molecule has 2 rings (SSSR count). The van der Waals surface area contributed by atoms with Gasteiger partial charge in [0.15, 0.2) is 0 Å². The number of nitrogens with zero attached hydrogens (tertiary/aromatic N) is 2. The number of halogens is 1. The third kappa shape index (κ3) is 2.13. The second-order valence-electron chi connectivity index (χ2n) is 3.45. The molecule has 0 saturated heterocycles. The predicted octanol–water partition coefficient (Wildman–Crippen LogP) is -0.500. The molecule has 0 aliphatic heterocycles. The topological polar surface area (TPSA) is 74.5 Å². The van der Waals surface area contributed by atoms with Crippen LogP contribution in [0.15, 0.2) is 32.8 Å². The first-order valence-electron chi connectivity index (χ1n) is 4.58. The van der Waals surface area contributed by atoms with Crippen LogP contribution in [0.3, 0.4) is 0 Å². The second kappa shape index (κ2) is 4.09. The molecule has 0 aromatic carbocycles. The van der Waals surface area contributed by atoms with E-state index in [1.165, 1.54) is 0 Å². The molecule has 0 fully saturated rings. The van der Waals surface area contributed by atoms with E-state index in [4.69, 9.17) is 0 Å². The minimum atomic E-state index is -0.500. The smallest absolute Gasteiger partial charge is 0.306 e. The number of hydrogen-bond donors (Lipinski definition) is 2. The molecule has 2 N–H and O–H groups in total. The molecule has 0 spiro atoms. The summed E-state index contributed by atoms with van der Waals surface area (Å²) < 4.78 is 4.08. The van der Waals surface area contributed by atoms with Crippen molar-refractivity contribution in [2.24, 2.45) is 7.05 Å². The number of aromatic nitrogens is 4. The van der Waals surface area contributed by atoms with Gasteiger partial charge in [0.25, 0.3) is 5.56 Å². The van der Waals surface area contributed by atoms with Gasteiger partial charge in [0.2, 0.25) is 6.33 Å². The van der Waals surface area contributed by atoms with Crippen molar-refractivity contribution in [3.63, 3.8) is 0 Å². The van der Waals surface area contributed by atoms with Gasteiger partial charge in [-0.25, -0.2) is 13.9 Å². The van der Waals surface area contributed by atoms with Crippen LogP contribution in [-0.4, -0.2) is 14.5 Å². The summed E-state index contributed by atoms with van der Waals surface area (Å²) in [6.07, 6.45) is 5.58. The summed E-state index contributed by atoms with van der Waals surface area (Å²) in [6.45, 7) is 0.431. The van der Waals surface area contributed by atoms with Crippen molar-refractivity contribution in [2.75, 3.05) is 0 Å². The Kier molecular flexibility index (Phi) is 2.78. The summed E-state index contributed by atoms with van der Waals surface area (Å²) in [5.41, 5.74) is -0.375. The Labute approximate surface area is 98.7 Å². The minimum Gasteiger partial charge on any atom is -0.306 e. The Morgan fingerprint density at radius 1 is 1.44 bits per heavy atom. The van der Waals surface area contributed by atoms with Gasteiger partial charge < -0.3 is 4.98 Å². The van der Waals surface area contributed by atoms with Crippen LogP contribution in [-0.2, 0) is 13.6 Å². The number of imidazole rings is 1. The summed E-state index contributed by atoms with van der Waals surface area (Å²) >= 11 is 3.14. The summed E-state index contributed by atoms with van der Waals surface area (Å²) in [6, 6.07) is 0. The fourth-order valence-electron chi connectivity index (χ4n) is 1.40. The molecule has 0 aliphatic carbocycles. The van der Waals surface area contributed by atoms with Crippen molar-refractivity contribution in [3.8, 4) is 0 Å². The molecule has 0 saturated carbocycles. The Morgan fingerprint density at radius 2 is 2.19 bits per heavy atom. The van der Waals surface area contributed by atoms with E-state index in [0.717, 1.165) is 0 Å². The molecular formula is C9H10BrN4O2+. The van der Waals surface area contributed by atoms with Gasteiger partial charge >= 0.3 is 5.69 Å². The maximum Gasteiger partial charge on any atom is 0.326 e. The molecule has 16 heavy (non-hydrogen) atoms. The largest absolute Gasteiger partial charge is 0.326 e. The molecule has 6 nitrogen and oxygen atoms in total. The average Bonchev–Trinajstić information content (AvgIpc) is 2.60. The number of nitrogens with one attached hydrogen (secondary N) is 2. The Balaban J connectivity index is 2.42. The van der Waals surface area contributed by atoms with Crippen LogP contribution in [0.1, 0.15) is 5.69 Å². The number of aromatic amines is 2. The number of hydrogen-bond acceptors (Lipinski definition) is 2. The second-order valence-corrected chi connectivity index (χ2v) is 4.25. The lowest BCUT2D eigenvalue weighted by molar-refractivity contribution is -0.671. The lowest BCUT2D eigenvalue weighted by atomic mass is 10.4. The highest BCUT2D eigenvalue weighted by Gasteiger charge is 2.09. The van der Waals surface area contributed by atoms with E-state index in [2.05, 4.69) is 25.9 Å². The van der Waals surface area contributed by atoms with Crippen LogP contribution < -0.4 is 15.8 Å². The molecule has 7 heteroatoms. The van der Waals surface area contributed by atoms with Gasteiger partial charge in [0.05, 0.1) is 12.7 Å². The lowest BCUT2D eigenvalue weighted by Crippen LogP contribution is -2.26. The van der Waals surface area contributed by atoms with Crippen molar-refractivity contribution in [1.82, 2.24) is 14.5 Å². The van der Waals surface area contributed by atoms with Gasteiger partial charge in [0.1, 0.15) is 23.4 Å². The van der Waals surface area contributed by atoms with E-state index in [9.17, 15) is 9.59 Å².